The first-order chi connectivity index (χ1) is 16.8. The number of anilines is 1. The number of fused-ring (bicyclic) bond motifs is 1. The van der Waals surface area contributed by atoms with E-state index in [2.05, 4.69) is 17.4 Å². The van der Waals surface area contributed by atoms with Crippen LogP contribution < -0.4 is 9.62 Å². The Morgan fingerprint density at radius 1 is 1.00 bits per heavy atom. The number of non-ortho nitro benzene ring substituents is 1. The predicted molar refractivity (Wildman–Crippen MR) is 134 cm³/mol. The SMILES string of the molecule is C[C@H](NC(=O)CN(c1cccc([N+](=O)[O-])c1)S(=O)(=O)c1ccccc1)c1ccc2c(c1)CCCC2. The molecule has 1 N–H and O–H groups in total. The zero-order valence-electron chi connectivity index (χ0n) is 19.4. The lowest BCUT2D eigenvalue weighted by Crippen LogP contribution is -2.41. The number of carbonyl (C=O) groups excluding carboxylic acids is 1. The van der Waals surface area contributed by atoms with Gasteiger partial charge in [-0.05, 0) is 67.5 Å². The number of carbonyl (C=O) groups is 1. The number of amides is 1. The minimum Gasteiger partial charge on any atom is -0.348 e. The maximum Gasteiger partial charge on any atom is 0.271 e. The van der Waals surface area contributed by atoms with Crippen molar-refractivity contribution in [3.05, 3.63) is 99.6 Å². The largest absolute Gasteiger partial charge is 0.348 e. The van der Waals surface area contributed by atoms with Gasteiger partial charge in [-0.2, -0.15) is 0 Å². The van der Waals surface area contributed by atoms with Crippen LogP contribution in [-0.2, 0) is 27.7 Å². The summed E-state index contributed by atoms with van der Waals surface area (Å²) in [7, 11) is -4.15. The molecule has 182 valence electrons. The van der Waals surface area contributed by atoms with E-state index in [0.717, 1.165) is 35.2 Å². The van der Waals surface area contributed by atoms with Crippen molar-refractivity contribution in [1.82, 2.24) is 5.32 Å². The van der Waals surface area contributed by atoms with Crippen LogP contribution in [0.15, 0.2) is 77.7 Å². The van der Waals surface area contributed by atoms with Gasteiger partial charge < -0.3 is 5.32 Å². The zero-order valence-corrected chi connectivity index (χ0v) is 20.2. The average Bonchev–Trinajstić information content (AvgIpc) is 2.87. The third-order valence-corrected chi connectivity index (χ3v) is 7.99. The van der Waals surface area contributed by atoms with Crippen molar-refractivity contribution in [3.8, 4) is 0 Å². The standard InChI is InChI=1S/C26H27N3O5S/c1-19(21-15-14-20-8-5-6-9-22(20)16-21)27-26(30)18-28(23-10-7-11-24(17-23)29(31)32)35(33,34)25-12-3-2-4-13-25/h2-4,7,10-17,19H,5-6,8-9,18H2,1H3,(H,27,30)/t19-/m0/s1. The third kappa shape index (κ3) is 5.51. The molecule has 0 spiro atoms. The lowest BCUT2D eigenvalue weighted by Gasteiger charge is -2.25. The Kier molecular flexibility index (Phi) is 7.16. The number of nitro groups is 1. The van der Waals surface area contributed by atoms with Crippen molar-refractivity contribution in [3.63, 3.8) is 0 Å². The van der Waals surface area contributed by atoms with Gasteiger partial charge in [0.2, 0.25) is 5.91 Å². The first-order valence-electron chi connectivity index (χ1n) is 11.5. The molecule has 0 radical (unpaired) electrons. The van der Waals surface area contributed by atoms with E-state index in [-0.39, 0.29) is 22.3 Å². The number of nitrogens with one attached hydrogen (secondary N) is 1. The summed E-state index contributed by atoms with van der Waals surface area (Å²) in [4.78, 5) is 23.7. The number of nitro benzene ring substituents is 1. The van der Waals surface area contributed by atoms with Crippen LogP contribution in [0.2, 0.25) is 0 Å². The first-order valence-corrected chi connectivity index (χ1v) is 12.9. The number of aryl methyl sites for hydroxylation is 2. The molecule has 3 aromatic carbocycles. The highest BCUT2D eigenvalue weighted by Crippen LogP contribution is 2.28. The van der Waals surface area contributed by atoms with E-state index in [1.807, 2.05) is 13.0 Å². The molecule has 1 atom stereocenters. The van der Waals surface area contributed by atoms with E-state index in [1.54, 1.807) is 18.2 Å². The zero-order chi connectivity index (χ0) is 25.0. The van der Waals surface area contributed by atoms with Gasteiger partial charge in [0.15, 0.2) is 0 Å². The van der Waals surface area contributed by atoms with E-state index < -0.39 is 27.4 Å². The van der Waals surface area contributed by atoms with Gasteiger partial charge in [-0.15, -0.1) is 0 Å². The molecule has 0 heterocycles. The van der Waals surface area contributed by atoms with E-state index in [1.165, 1.54) is 47.9 Å². The van der Waals surface area contributed by atoms with Crippen molar-refractivity contribution in [2.75, 3.05) is 10.8 Å². The predicted octanol–water partition coefficient (Wildman–Crippen LogP) is 4.55. The first kappa shape index (κ1) is 24.4. The van der Waals surface area contributed by atoms with Gasteiger partial charge in [0.1, 0.15) is 6.54 Å². The summed E-state index contributed by atoms with van der Waals surface area (Å²) in [6.45, 7) is 1.33. The second kappa shape index (κ2) is 10.3. The van der Waals surface area contributed by atoms with Crippen molar-refractivity contribution in [1.29, 1.82) is 0 Å². The molecule has 0 aliphatic heterocycles. The summed E-state index contributed by atoms with van der Waals surface area (Å²) < 4.78 is 27.8. The van der Waals surface area contributed by atoms with Crippen molar-refractivity contribution >= 4 is 27.3 Å². The highest BCUT2D eigenvalue weighted by molar-refractivity contribution is 7.92. The van der Waals surface area contributed by atoms with Crippen LogP contribution in [0.25, 0.3) is 0 Å². The molecule has 1 aliphatic rings. The Bertz CT molecular complexity index is 1340. The van der Waals surface area contributed by atoms with Crippen molar-refractivity contribution < 1.29 is 18.1 Å². The molecular weight excluding hydrogens is 466 g/mol. The topological polar surface area (TPSA) is 110 Å². The monoisotopic (exact) mass is 493 g/mol. The van der Waals surface area contributed by atoms with Gasteiger partial charge in [-0.25, -0.2) is 8.42 Å². The van der Waals surface area contributed by atoms with Crippen LogP contribution in [0.4, 0.5) is 11.4 Å². The molecule has 9 heteroatoms. The summed E-state index contributed by atoms with van der Waals surface area (Å²) in [6, 6.07) is 18.8. The molecule has 0 unspecified atom stereocenters. The Hall–Kier alpha value is -3.72. The van der Waals surface area contributed by atoms with Crippen LogP contribution >= 0.6 is 0 Å². The normalized spacial score (nSPS) is 14.0. The summed E-state index contributed by atoms with van der Waals surface area (Å²) in [5, 5.41) is 14.2. The molecule has 4 rings (SSSR count). The number of nitrogens with zero attached hydrogens (tertiary/aromatic N) is 2. The van der Waals surface area contributed by atoms with Crippen LogP contribution in [0, 0.1) is 10.1 Å². The van der Waals surface area contributed by atoms with Crippen molar-refractivity contribution in [2.45, 2.75) is 43.5 Å². The highest BCUT2D eigenvalue weighted by atomic mass is 32.2. The van der Waals surface area contributed by atoms with Crippen LogP contribution in [-0.4, -0.2) is 25.8 Å². The Morgan fingerprint density at radius 3 is 2.43 bits per heavy atom. The average molecular weight is 494 g/mol. The van der Waals surface area contributed by atoms with E-state index >= 15 is 0 Å². The van der Waals surface area contributed by atoms with Gasteiger partial charge in [0.05, 0.1) is 21.5 Å². The summed E-state index contributed by atoms with van der Waals surface area (Å²) in [5.41, 5.74) is 3.36. The summed E-state index contributed by atoms with van der Waals surface area (Å²) in [5.74, 6) is -0.513. The Labute approximate surface area is 204 Å². The second-order valence-corrected chi connectivity index (χ2v) is 10.5. The van der Waals surface area contributed by atoms with E-state index in [4.69, 9.17) is 0 Å². The second-order valence-electron chi connectivity index (χ2n) is 8.63. The van der Waals surface area contributed by atoms with Crippen LogP contribution in [0.1, 0.15) is 42.5 Å². The fourth-order valence-electron chi connectivity index (χ4n) is 4.32. The molecule has 8 nitrogen and oxygen atoms in total. The lowest BCUT2D eigenvalue weighted by atomic mass is 9.89. The van der Waals surface area contributed by atoms with E-state index in [9.17, 15) is 23.3 Å². The molecule has 1 aliphatic carbocycles. The van der Waals surface area contributed by atoms with E-state index in [0.29, 0.717) is 0 Å². The Balaban J connectivity index is 1.60. The molecule has 1 amide bonds. The van der Waals surface area contributed by atoms with Gasteiger partial charge in [-0.3, -0.25) is 19.2 Å². The number of hydrogen-bond donors (Lipinski definition) is 1. The molecule has 0 saturated carbocycles. The maximum absolute atomic E-state index is 13.4. The van der Waals surface area contributed by atoms with Gasteiger partial charge in [-0.1, -0.05) is 42.5 Å². The number of hydrogen-bond acceptors (Lipinski definition) is 5. The van der Waals surface area contributed by atoms with Crippen molar-refractivity contribution in [2.24, 2.45) is 0 Å². The molecule has 0 saturated heterocycles. The maximum atomic E-state index is 13.4. The summed E-state index contributed by atoms with van der Waals surface area (Å²) >= 11 is 0. The van der Waals surface area contributed by atoms with Gasteiger partial charge >= 0.3 is 0 Å². The molecular formula is C26H27N3O5S. The highest BCUT2D eigenvalue weighted by Gasteiger charge is 2.28. The van der Waals surface area contributed by atoms with Gasteiger partial charge in [0.25, 0.3) is 15.7 Å². The third-order valence-electron chi connectivity index (χ3n) is 6.20. The Morgan fingerprint density at radius 2 is 1.71 bits per heavy atom. The minimum atomic E-state index is -4.15. The van der Waals surface area contributed by atoms with Gasteiger partial charge in [0, 0.05) is 12.1 Å². The number of sulfonamides is 1. The fraction of sp³-hybridized carbons (Fsp3) is 0.269. The lowest BCUT2D eigenvalue weighted by molar-refractivity contribution is -0.384. The molecule has 0 fully saturated rings. The molecule has 0 bridgehead atoms. The molecule has 35 heavy (non-hydrogen) atoms. The van der Waals surface area contributed by atoms with Crippen LogP contribution in [0.3, 0.4) is 0 Å². The number of rotatable bonds is 8. The smallest absolute Gasteiger partial charge is 0.271 e. The fourth-order valence-corrected chi connectivity index (χ4v) is 5.75. The summed E-state index contributed by atoms with van der Waals surface area (Å²) in [6.07, 6.45) is 4.40. The molecule has 3 aromatic rings. The minimum absolute atomic E-state index is 0.0120. The molecule has 0 aromatic heterocycles. The van der Waals surface area contributed by atoms with Crippen LogP contribution in [0.5, 0.6) is 0 Å². The number of benzene rings is 3. The quantitative estimate of drug-likeness (QED) is 0.366.